The molecule has 7 heteroatoms. The lowest BCUT2D eigenvalue weighted by atomic mass is 10.2. The molecule has 2 aromatic rings. The Hall–Kier alpha value is -2.51. The van der Waals surface area contributed by atoms with Crippen LogP contribution in [-0.4, -0.2) is 70.9 Å². The Morgan fingerprint density at radius 3 is 2.61 bits per heavy atom. The molecule has 0 aliphatic carbocycles. The van der Waals surface area contributed by atoms with Gasteiger partial charge in [-0.25, -0.2) is 4.68 Å². The summed E-state index contributed by atoms with van der Waals surface area (Å²) in [5.74, 6) is -0.286. The van der Waals surface area contributed by atoms with Gasteiger partial charge in [0, 0.05) is 51.1 Å². The summed E-state index contributed by atoms with van der Waals surface area (Å²) in [6.45, 7) is 6.40. The molecule has 7 nitrogen and oxygen atoms in total. The average molecular weight is 382 g/mol. The molecule has 2 aliphatic heterocycles. The highest BCUT2D eigenvalue weighted by atomic mass is 16.5. The summed E-state index contributed by atoms with van der Waals surface area (Å²) < 4.78 is 7.36. The van der Waals surface area contributed by atoms with Crippen molar-refractivity contribution in [3.05, 3.63) is 58.0 Å². The maximum absolute atomic E-state index is 13.0. The van der Waals surface area contributed by atoms with E-state index < -0.39 is 0 Å². The smallest absolute Gasteiger partial charge is 0.278 e. The molecular formula is C21H26N4O3. The monoisotopic (exact) mass is 382 g/mol. The van der Waals surface area contributed by atoms with Gasteiger partial charge in [-0.3, -0.25) is 14.5 Å². The highest BCUT2D eigenvalue weighted by Crippen LogP contribution is 2.15. The molecule has 0 saturated carbocycles. The van der Waals surface area contributed by atoms with Gasteiger partial charge in [0.25, 0.3) is 5.91 Å². The van der Waals surface area contributed by atoms with Crippen molar-refractivity contribution in [3.63, 3.8) is 0 Å². The van der Waals surface area contributed by atoms with Crippen LogP contribution in [0.15, 0.2) is 41.2 Å². The van der Waals surface area contributed by atoms with Crippen LogP contribution < -0.4 is 5.43 Å². The van der Waals surface area contributed by atoms with E-state index >= 15 is 0 Å². The van der Waals surface area contributed by atoms with E-state index in [0.717, 1.165) is 44.8 Å². The number of carbonyl (C=O) groups is 1. The Morgan fingerprint density at radius 2 is 1.93 bits per heavy atom. The van der Waals surface area contributed by atoms with Crippen LogP contribution in [0.3, 0.4) is 0 Å². The summed E-state index contributed by atoms with van der Waals surface area (Å²) in [4.78, 5) is 29.5. The van der Waals surface area contributed by atoms with Crippen molar-refractivity contribution in [2.45, 2.75) is 25.9 Å². The van der Waals surface area contributed by atoms with Crippen molar-refractivity contribution in [3.8, 4) is 5.69 Å². The molecule has 2 aliphatic rings. The highest BCUT2D eigenvalue weighted by molar-refractivity contribution is 5.92. The molecule has 2 saturated heterocycles. The molecule has 0 N–H and O–H groups in total. The minimum atomic E-state index is -0.323. The van der Waals surface area contributed by atoms with Gasteiger partial charge in [-0.05, 0) is 31.9 Å². The Morgan fingerprint density at radius 1 is 1.18 bits per heavy atom. The molecule has 0 radical (unpaired) electrons. The summed E-state index contributed by atoms with van der Waals surface area (Å²) >= 11 is 0. The molecule has 0 spiro atoms. The minimum Gasteiger partial charge on any atom is -0.377 e. The van der Waals surface area contributed by atoms with Crippen molar-refractivity contribution < 1.29 is 9.53 Å². The fourth-order valence-corrected chi connectivity index (χ4v) is 3.89. The van der Waals surface area contributed by atoms with E-state index in [9.17, 15) is 9.59 Å². The van der Waals surface area contributed by atoms with E-state index in [1.807, 2.05) is 37.3 Å². The molecule has 3 heterocycles. The number of piperazine rings is 1. The second kappa shape index (κ2) is 8.24. The number of amides is 1. The number of aromatic nitrogens is 2. The molecule has 2 fully saturated rings. The van der Waals surface area contributed by atoms with E-state index in [1.165, 1.54) is 6.07 Å². The third-order valence-electron chi connectivity index (χ3n) is 5.46. The minimum absolute atomic E-state index is 0.0120. The van der Waals surface area contributed by atoms with E-state index in [4.69, 9.17) is 4.74 Å². The number of nitrogens with zero attached hydrogens (tertiary/aromatic N) is 4. The van der Waals surface area contributed by atoms with Crippen LogP contribution in [0.4, 0.5) is 0 Å². The molecule has 1 atom stereocenters. The zero-order valence-corrected chi connectivity index (χ0v) is 16.2. The number of hydrogen-bond donors (Lipinski definition) is 0. The number of carbonyl (C=O) groups excluding carboxylic acids is 1. The topological polar surface area (TPSA) is 67.7 Å². The standard InChI is InChI=1S/C21H26N4O3/c1-16-14-19(26)20(22-25(16)17-6-3-2-4-7-17)21(27)24-11-9-23(10-12-24)15-18-8-5-13-28-18/h2-4,6-7,14,18H,5,8-13,15H2,1H3. The van der Waals surface area contributed by atoms with Gasteiger partial charge in [0.2, 0.25) is 5.43 Å². The lowest BCUT2D eigenvalue weighted by Crippen LogP contribution is -2.51. The third-order valence-corrected chi connectivity index (χ3v) is 5.46. The van der Waals surface area contributed by atoms with Crippen LogP contribution in [0, 0.1) is 6.92 Å². The SMILES string of the molecule is Cc1cc(=O)c(C(=O)N2CCN(CC3CCCO3)CC2)nn1-c1ccccc1. The zero-order chi connectivity index (χ0) is 19.5. The van der Waals surface area contributed by atoms with E-state index in [0.29, 0.717) is 24.9 Å². The van der Waals surface area contributed by atoms with Crippen molar-refractivity contribution in [2.75, 3.05) is 39.3 Å². The first-order chi connectivity index (χ1) is 13.6. The molecular weight excluding hydrogens is 356 g/mol. The Kier molecular flexibility index (Phi) is 5.54. The van der Waals surface area contributed by atoms with Gasteiger partial charge in [-0.1, -0.05) is 18.2 Å². The van der Waals surface area contributed by atoms with Crippen molar-refractivity contribution in [1.82, 2.24) is 19.6 Å². The molecule has 0 bridgehead atoms. The third kappa shape index (κ3) is 4.00. The molecule has 1 unspecified atom stereocenters. The van der Waals surface area contributed by atoms with Crippen molar-refractivity contribution >= 4 is 5.91 Å². The first kappa shape index (κ1) is 18.8. The number of hydrogen-bond acceptors (Lipinski definition) is 5. The molecule has 28 heavy (non-hydrogen) atoms. The van der Waals surface area contributed by atoms with Gasteiger partial charge >= 0.3 is 0 Å². The van der Waals surface area contributed by atoms with Crippen LogP contribution in [0.2, 0.25) is 0 Å². The number of benzene rings is 1. The number of ether oxygens (including phenoxy) is 1. The van der Waals surface area contributed by atoms with Gasteiger partial charge in [-0.15, -0.1) is 0 Å². The summed E-state index contributed by atoms with van der Waals surface area (Å²) in [5, 5.41) is 4.40. The number of para-hydroxylation sites is 1. The van der Waals surface area contributed by atoms with Gasteiger partial charge in [-0.2, -0.15) is 5.10 Å². The van der Waals surface area contributed by atoms with Gasteiger partial charge < -0.3 is 9.64 Å². The molecule has 1 aromatic heterocycles. The molecule has 148 valence electrons. The van der Waals surface area contributed by atoms with Crippen LogP contribution in [-0.2, 0) is 4.74 Å². The Labute approximate surface area is 164 Å². The summed E-state index contributed by atoms with van der Waals surface area (Å²) in [6, 6.07) is 11.0. The van der Waals surface area contributed by atoms with Crippen LogP contribution in [0.5, 0.6) is 0 Å². The predicted molar refractivity (Wildman–Crippen MR) is 106 cm³/mol. The van der Waals surface area contributed by atoms with Crippen molar-refractivity contribution in [1.29, 1.82) is 0 Å². The van der Waals surface area contributed by atoms with E-state index in [1.54, 1.807) is 9.58 Å². The molecule has 4 rings (SSSR count). The highest BCUT2D eigenvalue weighted by Gasteiger charge is 2.27. The molecule has 1 aromatic carbocycles. The number of aryl methyl sites for hydroxylation is 1. The maximum Gasteiger partial charge on any atom is 0.278 e. The fourth-order valence-electron chi connectivity index (χ4n) is 3.89. The first-order valence-electron chi connectivity index (χ1n) is 9.91. The first-order valence-corrected chi connectivity index (χ1v) is 9.91. The second-order valence-corrected chi connectivity index (χ2v) is 7.47. The maximum atomic E-state index is 13.0. The quantitative estimate of drug-likeness (QED) is 0.801. The summed E-state index contributed by atoms with van der Waals surface area (Å²) in [7, 11) is 0. The largest absolute Gasteiger partial charge is 0.377 e. The fraction of sp³-hybridized carbons (Fsp3) is 0.476. The summed E-state index contributed by atoms with van der Waals surface area (Å²) in [6.07, 6.45) is 2.57. The van der Waals surface area contributed by atoms with E-state index in [-0.39, 0.29) is 17.0 Å². The Bertz CT molecular complexity index is 882. The van der Waals surface area contributed by atoms with Crippen LogP contribution >= 0.6 is 0 Å². The predicted octanol–water partition coefficient (Wildman–Crippen LogP) is 1.48. The zero-order valence-electron chi connectivity index (χ0n) is 16.2. The molecule has 1 amide bonds. The van der Waals surface area contributed by atoms with Gasteiger partial charge in [0.05, 0.1) is 11.8 Å². The lowest BCUT2D eigenvalue weighted by molar-refractivity contribution is 0.0428. The van der Waals surface area contributed by atoms with Crippen LogP contribution in [0.25, 0.3) is 5.69 Å². The second-order valence-electron chi connectivity index (χ2n) is 7.47. The summed E-state index contributed by atoms with van der Waals surface area (Å²) in [5.41, 5.74) is 1.20. The van der Waals surface area contributed by atoms with Gasteiger partial charge in [0.1, 0.15) is 0 Å². The normalized spacial score (nSPS) is 20.5. The Balaban J connectivity index is 1.47. The average Bonchev–Trinajstić information content (AvgIpc) is 3.22. The number of rotatable bonds is 4. The van der Waals surface area contributed by atoms with Crippen LogP contribution in [0.1, 0.15) is 29.0 Å². The van der Waals surface area contributed by atoms with Crippen molar-refractivity contribution in [2.24, 2.45) is 0 Å². The lowest BCUT2D eigenvalue weighted by Gasteiger charge is -2.35. The van der Waals surface area contributed by atoms with E-state index in [2.05, 4.69) is 10.00 Å². The van der Waals surface area contributed by atoms with Gasteiger partial charge in [0.15, 0.2) is 5.69 Å².